The molecule has 1 heterocycles. The van der Waals surface area contributed by atoms with Gasteiger partial charge in [-0.1, -0.05) is 6.07 Å². The summed E-state index contributed by atoms with van der Waals surface area (Å²) in [6, 6.07) is 4.90. The van der Waals surface area contributed by atoms with Crippen LogP contribution in [-0.4, -0.2) is 18.6 Å². The number of hydrogen-bond acceptors (Lipinski definition) is 5. The van der Waals surface area contributed by atoms with E-state index in [9.17, 15) is 8.42 Å². The molecule has 0 spiro atoms. The zero-order valence-electron chi connectivity index (χ0n) is 11.5. The number of nitrogens with one attached hydrogen (secondary N) is 1. The number of aryl methyl sites for hydroxylation is 2. The monoisotopic (exact) mass is 292 g/mol. The minimum absolute atomic E-state index is 0.172. The van der Waals surface area contributed by atoms with Crippen LogP contribution in [0.3, 0.4) is 0 Å². The molecule has 0 saturated carbocycles. The highest BCUT2D eigenvalue weighted by atomic mass is 32.2. The van der Waals surface area contributed by atoms with Gasteiger partial charge in [0.1, 0.15) is 0 Å². The molecule has 0 unspecified atom stereocenters. The molecule has 0 radical (unpaired) electrons. The van der Waals surface area contributed by atoms with E-state index >= 15 is 0 Å². The van der Waals surface area contributed by atoms with E-state index in [1.165, 1.54) is 12.3 Å². The van der Waals surface area contributed by atoms with Crippen LogP contribution >= 0.6 is 0 Å². The molecule has 20 heavy (non-hydrogen) atoms. The normalized spacial score (nSPS) is 11.3. The zero-order chi connectivity index (χ0) is 14.9. The van der Waals surface area contributed by atoms with Crippen molar-refractivity contribution in [2.24, 2.45) is 0 Å². The van der Waals surface area contributed by atoms with Crippen molar-refractivity contribution in [3.63, 3.8) is 0 Å². The molecule has 1 aromatic heterocycles. The van der Waals surface area contributed by atoms with Crippen molar-refractivity contribution in [1.82, 2.24) is 10.2 Å². The molecule has 1 aromatic carbocycles. The van der Waals surface area contributed by atoms with Gasteiger partial charge in [-0.05, 0) is 49.6 Å². The van der Waals surface area contributed by atoms with Gasteiger partial charge in [0, 0.05) is 11.9 Å². The number of hydrogen-bond donors (Lipinski definition) is 2. The van der Waals surface area contributed by atoms with Crippen LogP contribution in [0.25, 0.3) is 0 Å². The van der Waals surface area contributed by atoms with E-state index in [0.717, 1.165) is 5.56 Å². The molecule has 0 aliphatic heterocycles. The van der Waals surface area contributed by atoms with Crippen LogP contribution in [0, 0.1) is 20.8 Å². The van der Waals surface area contributed by atoms with E-state index in [2.05, 4.69) is 14.9 Å². The average Bonchev–Trinajstić information content (AvgIpc) is 2.36. The predicted octanol–water partition coefficient (Wildman–Crippen LogP) is 1.78. The second-order valence-electron chi connectivity index (χ2n) is 4.59. The van der Waals surface area contributed by atoms with Crippen LogP contribution in [-0.2, 0) is 10.0 Å². The molecular formula is C13H16N4O2S. The van der Waals surface area contributed by atoms with E-state index < -0.39 is 10.0 Å². The maximum Gasteiger partial charge on any atom is 0.263 e. The Kier molecular flexibility index (Phi) is 3.63. The molecule has 2 rings (SSSR count). The summed E-state index contributed by atoms with van der Waals surface area (Å²) in [5, 5.41) is 7.35. The van der Waals surface area contributed by atoms with Crippen molar-refractivity contribution < 1.29 is 8.42 Å². The molecule has 0 aliphatic rings. The highest BCUT2D eigenvalue weighted by molar-refractivity contribution is 7.92. The second-order valence-corrected chi connectivity index (χ2v) is 6.21. The third kappa shape index (κ3) is 2.57. The summed E-state index contributed by atoms with van der Waals surface area (Å²) in [6.07, 6.45) is 1.47. The van der Waals surface area contributed by atoms with Crippen LogP contribution in [0.1, 0.15) is 16.7 Å². The smallest absolute Gasteiger partial charge is 0.263 e. The summed E-state index contributed by atoms with van der Waals surface area (Å²) >= 11 is 0. The first-order valence-corrected chi connectivity index (χ1v) is 7.48. The van der Waals surface area contributed by atoms with E-state index in [0.29, 0.717) is 16.8 Å². The molecule has 7 heteroatoms. The van der Waals surface area contributed by atoms with Gasteiger partial charge in [0.15, 0.2) is 5.82 Å². The quantitative estimate of drug-likeness (QED) is 0.840. The van der Waals surface area contributed by atoms with E-state index in [-0.39, 0.29) is 10.7 Å². The molecule has 0 atom stereocenters. The van der Waals surface area contributed by atoms with E-state index in [1.807, 2.05) is 6.92 Å². The summed E-state index contributed by atoms with van der Waals surface area (Å²) < 4.78 is 27.4. The summed E-state index contributed by atoms with van der Waals surface area (Å²) in [5.41, 5.74) is 8.45. The first kappa shape index (κ1) is 14.3. The molecule has 0 aliphatic carbocycles. The van der Waals surface area contributed by atoms with Crippen molar-refractivity contribution in [3.8, 4) is 0 Å². The van der Waals surface area contributed by atoms with Crippen LogP contribution in [0.15, 0.2) is 29.3 Å². The van der Waals surface area contributed by atoms with Gasteiger partial charge < -0.3 is 5.73 Å². The fourth-order valence-electron chi connectivity index (χ4n) is 2.14. The molecule has 0 saturated heterocycles. The largest absolute Gasteiger partial charge is 0.398 e. The van der Waals surface area contributed by atoms with Gasteiger partial charge >= 0.3 is 0 Å². The summed E-state index contributed by atoms with van der Waals surface area (Å²) in [6.45, 7) is 5.28. The highest BCUT2D eigenvalue weighted by Gasteiger charge is 2.22. The van der Waals surface area contributed by atoms with Crippen LogP contribution < -0.4 is 10.5 Å². The van der Waals surface area contributed by atoms with Crippen molar-refractivity contribution in [2.75, 3.05) is 10.5 Å². The Labute approximate surface area is 118 Å². The molecule has 2 aromatic rings. The van der Waals surface area contributed by atoms with Crippen LogP contribution in [0.2, 0.25) is 0 Å². The molecule has 6 nitrogen and oxygen atoms in total. The van der Waals surface area contributed by atoms with Gasteiger partial charge in [-0.25, -0.2) is 8.42 Å². The molecule has 106 valence electrons. The van der Waals surface area contributed by atoms with Gasteiger partial charge in [0.25, 0.3) is 10.0 Å². The van der Waals surface area contributed by atoms with Gasteiger partial charge in [0.2, 0.25) is 0 Å². The van der Waals surface area contributed by atoms with Crippen molar-refractivity contribution in [2.45, 2.75) is 25.7 Å². The Morgan fingerprint density at radius 2 is 1.90 bits per heavy atom. The summed E-state index contributed by atoms with van der Waals surface area (Å²) in [7, 11) is -3.75. The predicted molar refractivity (Wildman–Crippen MR) is 77.9 cm³/mol. The second kappa shape index (κ2) is 5.09. The number of sulfonamides is 1. The third-order valence-corrected chi connectivity index (χ3v) is 4.68. The first-order valence-electron chi connectivity index (χ1n) is 5.99. The van der Waals surface area contributed by atoms with Gasteiger partial charge in [0.05, 0.1) is 4.90 Å². The Balaban J connectivity index is 2.53. The number of nitrogen functional groups attached to an aromatic ring is 1. The number of nitrogens with two attached hydrogens (primary N) is 1. The van der Waals surface area contributed by atoms with Gasteiger partial charge in [-0.15, -0.1) is 5.10 Å². The van der Waals surface area contributed by atoms with Gasteiger partial charge in [-0.2, -0.15) is 5.10 Å². The molecular weight excluding hydrogens is 276 g/mol. The highest BCUT2D eigenvalue weighted by Crippen LogP contribution is 2.28. The summed E-state index contributed by atoms with van der Waals surface area (Å²) in [5.74, 6) is 0.172. The van der Waals surface area contributed by atoms with Gasteiger partial charge in [-0.3, -0.25) is 4.72 Å². The minimum atomic E-state index is -3.75. The summed E-state index contributed by atoms with van der Waals surface area (Å²) in [4.78, 5) is 0.186. The first-order chi connectivity index (χ1) is 9.33. The minimum Gasteiger partial charge on any atom is -0.398 e. The van der Waals surface area contributed by atoms with Crippen LogP contribution in [0.5, 0.6) is 0 Å². The number of benzene rings is 1. The molecule has 0 bridgehead atoms. The van der Waals surface area contributed by atoms with Crippen molar-refractivity contribution in [3.05, 3.63) is 41.1 Å². The molecule has 0 amide bonds. The lowest BCUT2D eigenvalue weighted by Crippen LogP contribution is -2.17. The maximum absolute atomic E-state index is 12.5. The zero-order valence-corrected chi connectivity index (χ0v) is 12.3. The van der Waals surface area contributed by atoms with Crippen molar-refractivity contribution in [1.29, 1.82) is 0 Å². The Bertz CT molecular complexity index is 743. The number of aromatic nitrogens is 2. The van der Waals surface area contributed by atoms with E-state index in [4.69, 9.17) is 5.73 Å². The van der Waals surface area contributed by atoms with E-state index in [1.54, 1.807) is 26.0 Å². The van der Waals surface area contributed by atoms with Crippen molar-refractivity contribution >= 4 is 21.5 Å². The SMILES string of the molecule is Cc1cc(C)c(S(=O)(=O)Nc2cccnn2)c(C)c1N. The Hall–Kier alpha value is -2.15. The fraction of sp³-hybridized carbons (Fsp3) is 0.231. The fourth-order valence-corrected chi connectivity index (χ4v) is 3.62. The standard InChI is InChI=1S/C13H16N4O2S/c1-8-7-9(2)13(10(3)12(8)14)20(18,19)17-11-5-4-6-15-16-11/h4-7H,14H2,1-3H3,(H,16,17). The van der Waals surface area contributed by atoms with Crippen LogP contribution in [0.4, 0.5) is 11.5 Å². The Morgan fingerprint density at radius 1 is 1.20 bits per heavy atom. The lowest BCUT2D eigenvalue weighted by Gasteiger charge is -2.15. The molecule has 3 N–H and O–H groups in total. The average molecular weight is 292 g/mol. The topological polar surface area (TPSA) is 98.0 Å². The lowest BCUT2D eigenvalue weighted by atomic mass is 10.1. The maximum atomic E-state index is 12.5. The lowest BCUT2D eigenvalue weighted by molar-refractivity contribution is 0.599. The number of nitrogens with zero attached hydrogens (tertiary/aromatic N) is 2. The number of rotatable bonds is 3. The Morgan fingerprint density at radius 3 is 2.50 bits per heavy atom. The number of anilines is 2. The third-order valence-electron chi connectivity index (χ3n) is 3.04. The molecule has 0 fully saturated rings.